The van der Waals surface area contributed by atoms with Gasteiger partial charge in [-0.3, -0.25) is 57.5 Å². The summed E-state index contributed by atoms with van der Waals surface area (Å²) in [5, 5.41) is 42.7. The van der Waals surface area contributed by atoms with Gasteiger partial charge < -0.3 is 85.2 Å². The molecule has 81 heavy (non-hydrogen) atoms. The molecule has 1 aromatic carbocycles. The van der Waals surface area contributed by atoms with E-state index in [1.807, 2.05) is 0 Å². The Morgan fingerprint density at radius 1 is 0.605 bits per heavy atom. The van der Waals surface area contributed by atoms with E-state index >= 15 is 0 Å². The molecule has 0 aliphatic rings. The number of H-pyrrole nitrogens is 2. The molecule has 3 rings (SSSR count). The van der Waals surface area contributed by atoms with Crippen molar-refractivity contribution in [1.82, 2.24) is 62.8 Å². The number of para-hydroxylation sites is 1. The smallest absolute Gasteiger partial charge is 0.305 e. The van der Waals surface area contributed by atoms with Gasteiger partial charge in [0.25, 0.3) is 0 Å². The molecule has 19 N–H and O–H groups in total. The van der Waals surface area contributed by atoms with Gasteiger partial charge in [0.1, 0.15) is 54.4 Å². The number of thiol groups is 3. The lowest BCUT2D eigenvalue weighted by molar-refractivity contribution is -0.141. The van der Waals surface area contributed by atoms with Crippen LogP contribution in [0.15, 0.2) is 43.0 Å². The first-order valence-electron chi connectivity index (χ1n) is 25.0. The molecule has 0 saturated heterocycles. The van der Waals surface area contributed by atoms with Crippen molar-refractivity contribution < 1.29 is 67.7 Å². The third kappa shape index (κ3) is 21.7. The van der Waals surface area contributed by atoms with Crippen LogP contribution < -0.4 is 65.1 Å². The van der Waals surface area contributed by atoms with Crippen molar-refractivity contribution in [3.8, 4) is 0 Å². The number of aromatic amines is 2. The summed E-state index contributed by atoms with van der Waals surface area (Å²) in [6.45, 7) is 4.53. The van der Waals surface area contributed by atoms with Crippen LogP contribution in [0.2, 0.25) is 0 Å². The zero-order chi connectivity index (χ0) is 60.7. The molecule has 0 radical (unpaired) electrons. The maximum atomic E-state index is 14.4. The van der Waals surface area contributed by atoms with Crippen molar-refractivity contribution in [1.29, 1.82) is 0 Å². The second kappa shape index (κ2) is 33.6. The van der Waals surface area contributed by atoms with Crippen molar-refractivity contribution in [2.45, 2.75) is 119 Å². The molecule has 0 saturated carbocycles. The first-order chi connectivity index (χ1) is 38.2. The van der Waals surface area contributed by atoms with Crippen molar-refractivity contribution in [3.63, 3.8) is 0 Å². The number of primary amides is 2. The molecular weight excluding hydrogens is 1140 g/mol. The lowest BCUT2D eigenvalue weighted by Crippen LogP contribution is -2.62. The summed E-state index contributed by atoms with van der Waals surface area (Å²) in [7, 11) is 0. The highest BCUT2D eigenvalue weighted by Gasteiger charge is 2.37. The second-order valence-corrected chi connectivity index (χ2v) is 20.9. The van der Waals surface area contributed by atoms with E-state index in [2.05, 4.69) is 101 Å². The van der Waals surface area contributed by atoms with E-state index in [1.165, 1.54) is 30.5 Å². The SMILES string of the molecule is CSCC[C@H](NC(=O)[C@H](CS)NC(=O)[C@@H](N)C(C)C)C(=O)N[C@H](C(=O)N[C@@H](CC(N)=O)C(=O)N[C@@H](Cc1c[nH]c2ccccc12)C(=O)N[C@@H](CC(=O)O)C(=O)N[C@@H](CS)C(=O)N[C@@H](CS)C(=O)N[C@@H](Cc1cnc[nH]1)C(N)=O)[C@@H](C)O. The van der Waals surface area contributed by atoms with Gasteiger partial charge in [-0.2, -0.15) is 49.6 Å². The molecule has 33 heteroatoms. The minimum Gasteiger partial charge on any atom is -0.481 e. The number of rotatable bonds is 35. The molecule has 0 aliphatic carbocycles. The van der Waals surface area contributed by atoms with Gasteiger partial charge in [0.2, 0.25) is 65.0 Å². The van der Waals surface area contributed by atoms with Crippen LogP contribution in [0.25, 0.3) is 10.9 Å². The number of nitrogens with two attached hydrogens (primary N) is 3. The zero-order valence-electron chi connectivity index (χ0n) is 44.6. The third-order valence-electron chi connectivity index (χ3n) is 12.2. The molecule has 0 fully saturated rings. The van der Waals surface area contributed by atoms with Crippen LogP contribution in [0.4, 0.5) is 0 Å². The number of imidazole rings is 1. The lowest BCUT2D eigenvalue weighted by atomic mass is 10.0. The molecule has 0 bridgehead atoms. The Morgan fingerprint density at radius 2 is 1.07 bits per heavy atom. The number of hydrogen-bond acceptors (Lipinski definition) is 19. The number of aromatic nitrogens is 3. The summed E-state index contributed by atoms with van der Waals surface area (Å²) in [5.74, 6) is -13.8. The van der Waals surface area contributed by atoms with Gasteiger partial charge in [-0.15, -0.1) is 0 Å². The van der Waals surface area contributed by atoms with Crippen LogP contribution in [-0.4, -0.2) is 192 Å². The number of nitrogens with zero attached hydrogens (tertiary/aromatic N) is 1. The van der Waals surface area contributed by atoms with Crippen LogP contribution in [-0.2, 0) is 70.4 Å². The van der Waals surface area contributed by atoms with Gasteiger partial charge >= 0.3 is 5.97 Å². The Morgan fingerprint density at radius 3 is 1.57 bits per heavy atom. The van der Waals surface area contributed by atoms with E-state index in [1.54, 1.807) is 44.4 Å². The Kier molecular flexibility index (Phi) is 28.3. The first kappa shape index (κ1) is 68.2. The molecule has 0 spiro atoms. The van der Waals surface area contributed by atoms with Gasteiger partial charge in [0.05, 0.1) is 31.3 Å². The number of nitrogens with one attached hydrogen (secondary N) is 11. The van der Waals surface area contributed by atoms with E-state index in [0.717, 1.165) is 6.92 Å². The summed E-state index contributed by atoms with van der Waals surface area (Å²) in [5.41, 5.74) is 18.4. The third-order valence-corrected chi connectivity index (χ3v) is 13.9. The fourth-order valence-electron chi connectivity index (χ4n) is 7.58. The molecule has 11 atom stereocenters. The van der Waals surface area contributed by atoms with Crippen LogP contribution in [0.1, 0.15) is 51.3 Å². The quantitative estimate of drug-likeness (QED) is 0.0245. The number of carboxylic acid groups (broad SMARTS) is 1. The molecule has 11 amide bonds. The maximum absolute atomic E-state index is 14.4. The average molecular weight is 1210 g/mol. The Hall–Kier alpha value is -7.07. The monoisotopic (exact) mass is 1210 g/mol. The van der Waals surface area contributed by atoms with Gasteiger partial charge in [-0.1, -0.05) is 32.0 Å². The predicted octanol–water partition coefficient (Wildman–Crippen LogP) is -5.22. The zero-order valence-corrected chi connectivity index (χ0v) is 48.1. The van der Waals surface area contributed by atoms with E-state index in [0.29, 0.717) is 27.9 Å². The number of aliphatic carboxylic acids is 1. The normalized spacial score (nSPS) is 15.3. The largest absolute Gasteiger partial charge is 0.481 e. The summed E-state index contributed by atoms with van der Waals surface area (Å²) in [6.07, 6.45) is 1.80. The highest BCUT2D eigenvalue weighted by atomic mass is 32.2. The van der Waals surface area contributed by atoms with Crippen molar-refractivity contribution >= 4 is 131 Å². The molecule has 0 aliphatic heterocycles. The summed E-state index contributed by atoms with van der Waals surface area (Å²) < 4.78 is 0. The fraction of sp³-hybridized carbons (Fsp3) is 0.521. The maximum Gasteiger partial charge on any atom is 0.305 e. The number of benzene rings is 1. The fourth-order valence-corrected chi connectivity index (χ4v) is 8.82. The average Bonchev–Trinajstić information content (AvgIpc) is 4.10. The number of aliphatic hydroxyl groups is 1. The van der Waals surface area contributed by atoms with Gasteiger partial charge in [-0.25, -0.2) is 4.98 Å². The lowest BCUT2D eigenvalue weighted by Gasteiger charge is -2.28. The van der Waals surface area contributed by atoms with E-state index in [-0.39, 0.29) is 36.7 Å². The Bertz CT molecular complexity index is 2700. The predicted molar refractivity (Wildman–Crippen MR) is 306 cm³/mol. The minimum absolute atomic E-state index is 0.00885. The van der Waals surface area contributed by atoms with Crippen LogP contribution in [0, 0.1) is 5.92 Å². The second-order valence-electron chi connectivity index (χ2n) is 18.8. The van der Waals surface area contributed by atoms with E-state index < -0.39 is 156 Å². The molecule has 2 aromatic heterocycles. The number of hydrogen-bond donors (Lipinski definition) is 19. The van der Waals surface area contributed by atoms with Gasteiger partial charge in [0, 0.05) is 59.1 Å². The molecular formula is C48H71N15O14S4. The summed E-state index contributed by atoms with van der Waals surface area (Å²) >= 11 is 13.7. The van der Waals surface area contributed by atoms with Crippen LogP contribution in [0.5, 0.6) is 0 Å². The van der Waals surface area contributed by atoms with E-state index in [4.69, 9.17) is 17.2 Å². The number of carbonyl (C=O) groups excluding carboxylic acids is 11. The number of thioether (sulfide) groups is 1. The highest BCUT2D eigenvalue weighted by molar-refractivity contribution is 7.98. The number of aliphatic hydroxyl groups excluding tert-OH is 1. The molecule has 29 nitrogen and oxygen atoms in total. The molecule has 3 aromatic rings. The number of amides is 11. The van der Waals surface area contributed by atoms with Crippen LogP contribution >= 0.6 is 49.6 Å². The van der Waals surface area contributed by atoms with Crippen LogP contribution in [0.3, 0.4) is 0 Å². The Labute approximate surface area is 485 Å². The standard InChI is InChI=1S/C48H71N15O14S4/c1-21(2)37(50)47(76)62-34(19-80)44(73)55-27(9-10-81-4)40(69)63-38(22(3)64)48(77)59-30(13-35(49)65)42(71)57-29(11-23-15-53-26-8-6-5-7-25(23)26)41(70)58-31(14-36(66)67)43(72)60-33(18-79)46(75)61-32(17-78)45(74)56-28(39(51)68)12-24-16-52-20-54-24/h5-8,15-16,20-22,27-34,37-38,53,64,78-80H,9-14,17-19,50H2,1-4H3,(H2,49,65)(H2,51,68)(H,52,54)(H,55,73)(H,56,74)(H,57,71)(H,58,70)(H,59,77)(H,60,72)(H,61,75)(H,62,76)(H,63,69)(H,66,67)/t22-,27+,28+,29+,30+,31+,32+,33+,34+,37+,38+/m1/s1. The topological polar surface area (TPSA) is 476 Å². The van der Waals surface area contributed by atoms with Gasteiger partial charge in [0.15, 0.2) is 0 Å². The number of carboxylic acids is 1. The molecule has 446 valence electrons. The number of carbonyl (C=O) groups is 12. The van der Waals surface area contributed by atoms with E-state index in [9.17, 15) is 67.7 Å². The Balaban J connectivity index is 1.89. The van der Waals surface area contributed by atoms with Gasteiger partial charge in [-0.05, 0) is 42.9 Å². The molecule has 0 unspecified atom stereocenters. The summed E-state index contributed by atoms with van der Waals surface area (Å²) in [4.78, 5) is 169. The number of fused-ring (bicyclic) bond motifs is 1. The van der Waals surface area contributed by atoms with Crippen molar-refractivity contribution in [2.24, 2.45) is 23.1 Å². The minimum atomic E-state index is -1.97. The first-order valence-corrected chi connectivity index (χ1v) is 28.3. The highest BCUT2D eigenvalue weighted by Crippen LogP contribution is 2.20. The molecule has 2 heterocycles. The summed E-state index contributed by atoms with van der Waals surface area (Å²) in [6, 6.07) is -8.54. The van der Waals surface area contributed by atoms with Crippen molar-refractivity contribution in [3.05, 3.63) is 54.2 Å². The van der Waals surface area contributed by atoms with Crippen molar-refractivity contribution in [2.75, 3.05) is 29.3 Å².